The van der Waals surface area contributed by atoms with Gasteiger partial charge in [0.05, 0.1) is 0 Å². The number of halogens is 2. The Bertz CT molecular complexity index is 535. The smallest absolute Gasteiger partial charge is 0.387 e. The zero-order chi connectivity index (χ0) is 13.0. The quantitative estimate of drug-likeness (QED) is 0.838. The predicted molar refractivity (Wildman–Crippen MR) is 59.9 cm³/mol. The largest absolute Gasteiger partial charge is 0.435 e. The van der Waals surface area contributed by atoms with Crippen LogP contribution in [0.5, 0.6) is 17.4 Å². The SMILES string of the molecule is Cc1cc(Oc2ccccc2OC(F)F)ncn1. The normalized spacial score (nSPS) is 10.4. The number of nitrogens with zero attached hydrogens (tertiary/aromatic N) is 2. The first-order valence-electron chi connectivity index (χ1n) is 5.15. The zero-order valence-corrected chi connectivity index (χ0v) is 9.51. The van der Waals surface area contributed by atoms with Crippen LogP contribution in [0.2, 0.25) is 0 Å². The second kappa shape index (κ2) is 5.39. The molecular weight excluding hydrogens is 242 g/mol. The molecule has 0 spiro atoms. The molecule has 1 heterocycles. The van der Waals surface area contributed by atoms with Crippen molar-refractivity contribution in [2.75, 3.05) is 0 Å². The summed E-state index contributed by atoms with van der Waals surface area (Å²) in [5.41, 5.74) is 0.715. The predicted octanol–water partition coefficient (Wildman–Crippen LogP) is 3.18. The van der Waals surface area contributed by atoms with Gasteiger partial charge in [-0.2, -0.15) is 8.78 Å². The maximum Gasteiger partial charge on any atom is 0.387 e. The third-order valence-corrected chi connectivity index (χ3v) is 2.06. The van der Waals surface area contributed by atoms with Gasteiger partial charge in [-0.25, -0.2) is 9.97 Å². The second-order valence-corrected chi connectivity index (χ2v) is 3.42. The molecule has 1 aromatic carbocycles. The number of aryl methyl sites for hydroxylation is 1. The van der Waals surface area contributed by atoms with E-state index in [4.69, 9.17) is 4.74 Å². The van der Waals surface area contributed by atoms with E-state index in [1.54, 1.807) is 25.1 Å². The summed E-state index contributed by atoms with van der Waals surface area (Å²) in [4.78, 5) is 7.79. The molecule has 2 rings (SSSR count). The Hall–Kier alpha value is -2.24. The van der Waals surface area contributed by atoms with Crippen LogP contribution in [0.25, 0.3) is 0 Å². The van der Waals surface area contributed by atoms with Crippen molar-refractivity contribution in [2.45, 2.75) is 13.5 Å². The number of benzene rings is 1. The third kappa shape index (κ3) is 3.13. The minimum absolute atomic E-state index is 0.0382. The number of rotatable bonds is 4. The minimum atomic E-state index is -2.90. The van der Waals surface area contributed by atoms with Gasteiger partial charge in [0.25, 0.3) is 0 Å². The number of aromatic nitrogens is 2. The van der Waals surface area contributed by atoms with E-state index in [-0.39, 0.29) is 17.4 Å². The molecular formula is C12H10F2N2O2. The first kappa shape index (κ1) is 12.2. The van der Waals surface area contributed by atoms with Gasteiger partial charge in [-0.15, -0.1) is 0 Å². The standard InChI is InChI=1S/C12H10F2N2O2/c1-8-6-11(16-7-15-8)17-9-4-2-3-5-10(9)18-12(13)14/h2-7,12H,1H3. The molecule has 0 aliphatic heterocycles. The van der Waals surface area contributed by atoms with Crippen LogP contribution in [0.15, 0.2) is 36.7 Å². The minimum Gasteiger partial charge on any atom is -0.435 e. The molecule has 0 N–H and O–H groups in total. The molecule has 2 aromatic rings. The number of para-hydroxylation sites is 2. The van der Waals surface area contributed by atoms with Gasteiger partial charge in [0.1, 0.15) is 6.33 Å². The fourth-order valence-corrected chi connectivity index (χ4v) is 1.33. The highest BCUT2D eigenvalue weighted by molar-refractivity contribution is 5.41. The number of alkyl halides is 2. The van der Waals surface area contributed by atoms with Gasteiger partial charge in [-0.05, 0) is 19.1 Å². The van der Waals surface area contributed by atoms with Crippen molar-refractivity contribution in [3.63, 3.8) is 0 Å². The average molecular weight is 252 g/mol. The topological polar surface area (TPSA) is 44.2 Å². The summed E-state index contributed by atoms with van der Waals surface area (Å²) in [5.74, 6) is 0.410. The molecule has 6 heteroatoms. The van der Waals surface area contributed by atoms with Crippen molar-refractivity contribution in [3.8, 4) is 17.4 Å². The van der Waals surface area contributed by atoms with E-state index in [9.17, 15) is 8.78 Å². The second-order valence-electron chi connectivity index (χ2n) is 3.42. The number of hydrogen-bond donors (Lipinski definition) is 0. The molecule has 0 amide bonds. The molecule has 94 valence electrons. The molecule has 0 aliphatic carbocycles. The lowest BCUT2D eigenvalue weighted by Crippen LogP contribution is -2.03. The van der Waals surface area contributed by atoms with Gasteiger partial charge < -0.3 is 9.47 Å². The van der Waals surface area contributed by atoms with Crippen molar-refractivity contribution >= 4 is 0 Å². The van der Waals surface area contributed by atoms with E-state index in [0.717, 1.165) is 0 Å². The van der Waals surface area contributed by atoms with Crippen LogP contribution >= 0.6 is 0 Å². The summed E-state index contributed by atoms with van der Waals surface area (Å²) in [7, 11) is 0. The Labute approximate surface area is 102 Å². The molecule has 0 atom stereocenters. The van der Waals surface area contributed by atoms with Crippen LogP contribution in [-0.4, -0.2) is 16.6 Å². The summed E-state index contributed by atoms with van der Waals surface area (Å²) in [6, 6.07) is 7.75. The van der Waals surface area contributed by atoms with Crippen LogP contribution in [-0.2, 0) is 0 Å². The highest BCUT2D eigenvalue weighted by atomic mass is 19.3. The van der Waals surface area contributed by atoms with Gasteiger partial charge in [-0.1, -0.05) is 12.1 Å². The fraction of sp³-hybridized carbons (Fsp3) is 0.167. The van der Waals surface area contributed by atoms with Crippen LogP contribution in [0.4, 0.5) is 8.78 Å². The van der Waals surface area contributed by atoms with E-state index >= 15 is 0 Å². The fourth-order valence-electron chi connectivity index (χ4n) is 1.33. The Morgan fingerprint density at radius 3 is 2.50 bits per heavy atom. The van der Waals surface area contributed by atoms with Gasteiger partial charge in [0.15, 0.2) is 11.5 Å². The average Bonchev–Trinajstić information content (AvgIpc) is 2.31. The first-order chi connectivity index (χ1) is 8.65. The molecule has 18 heavy (non-hydrogen) atoms. The Morgan fingerprint density at radius 2 is 1.83 bits per heavy atom. The van der Waals surface area contributed by atoms with E-state index < -0.39 is 6.61 Å². The van der Waals surface area contributed by atoms with Crippen LogP contribution in [0.3, 0.4) is 0 Å². The van der Waals surface area contributed by atoms with Crippen LogP contribution in [0, 0.1) is 6.92 Å². The highest BCUT2D eigenvalue weighted by Crippen LogP contribution is 2.31. The molecule has 0 radical (unpaired) electrons. The number of hydrogen-bond acceptors (Lipinski definition) is 4. The van der Waals surface area contributed by atoms with E-state index in [1.165, 1.54) is 18.5 Å². The molecule has 0 saturated carbocycles. The summed E-state index contributed by atoms with van der Waals surface area (Å²) in [6.45, 7) is -1.13. The summed E-state index contributed by atoms with van der Waals surface area (Å²) < 4.78 is 34.1. The molecule has 4 nitrogen and oxygen atoms in total. The highest BCUT2D eigenvalue weighted by Gasteiger charge is 2.11. The van der Waals surface area contributed by atoms with Crippen molar-refractivity contribution < 1.29 is 18.3 Å². The molecule has 0 fully saturated rings. The molecule has 0 aliphatic rings. The molecule has 0 bridgehead atoms. The van der Waals surface area contributed by atoms with Gasteiger partial charge in [0, 0.05) is 11.8 Å². The van der Waals surface area contributed by atoms with Gasteiger partial charge in [0.2, 0.25) is 5.88 Å². The van der Waals surface area contributed by atoms with Crippen molar-refractivity contribution in [3.05, 3.63) is 42.4 Å². The zero-order valence-electron chi connectivity index (χ0n) is 9.51. The van der Waals surface area contributed by atoms with Gasteiger partial charge >= 0.3 is 6.61 Å². The Kier molecular flexibility index (Phi) is 3.66. The third-order valence-electron chi connectivity index (χ3n) is 2.06. The van der Waals surface area contributed by atoms with Crippen molar-refractivity contribution in [1.82, 2.24) is 9.97 Å². The summed E-state index contributed by atoms with van der Waals surface area (Å²) in [6.07, 6.45) is 1.33. The van der Waals surface area contributed by atoms with Gasteiger partial charge in [-0.3, -0.25) is 0 Å². The lowest BCUT2D eigenvalue weighted by molar-refractivity contribution is -0.0510. The Morgan fingerprint density at radius 1 is 1.11 bits per heavy atom. The lowest BCUT2D eigenvalue weighted by atomic mass is 10.3. The van der Waals surface area contributed by atoms with Crippen LogP contribution in [0.1, 0.15) is 5.69 Å². The summed E-state index contributed by atoms with van der Waals surface area (Å²) in [5, 5.41) is 0. The van der Waals surface area contributed by atoms with Crippen molar-refractivity contribution in [2.24, 2.45) is 0 Å². The maximum absolute atomic E-state index is 12.2. The number of ether oxygens (including phenoxy) is 2. The summed E-state index contributed by atoms with van der Waals surface area (Å²) >= 11 is 0. The molecule has 0 saturated heterocycles. The molecule has 0 unspecified atom stereocenters. The van der Waals surface area contributed by atoms with E-state index in [2.05, 4.69) is 14.7 Å². The molecule has 1 aromatic heterocycles. The monoisotopic (exact) mass is 252 g/mol. The maximum atomic E-state index is 12.2. The van der Waals surface area contributed by atoms with Crippen LogP contribution < -0.4 is 9.47 Å². The first-order valence-corrected chi connectivity index (χ1v) is 5.15. The van der Waals surface area contributed by atoms with Crippen molar-refractivity contribution in [1.29, 1.82) is 0 Å². The van der Waals surface area contributed by atoms with E-state index in [0.29, 0.717) is 5.69 Å². The lowest BCUT2D eigenvalue weighted by Gasteiger charge is -2.10. The van der Waals surface area contributed by atoms with E-state index in [1.807, 2.05) is 0 Å². The Balaban J connectivity index is 2.23.